The minimum atomic E-state index is -3.45. The Bertz CT molecular complexity index is 397. The normalized spacial score (nSPS) is 18.4. The largest absolute Gasteiger partial charge is 0.444 e. The van der Waals surface area contributed by atoms with E-state index in [1.54, 1.807) is 20.8 Å². The number of carbonyl (C=O) groups is 1. The van der Waals surface area contributed by atoms with Crippen molar-refractivity contribution in [2.45, 2.75) is 44.5 Å². The van der Waals surface area contributed by atoms with E-state index in [1.165, 1.54) is 14.2 Å². The van der Waals surface area contributed by atoms with Crippen LogP contribution in [0.15, 0.2) is 12.2 Å². The molecule has 1 rings (SSSR count). The average molecular weight is 291 g/mol. The second kappa shape index (κ2) is 5.65. The molecule has 1 amide bonds. The fourth-order valence-corrected chi connectivity index (χ4v) is 3.69. The fraction of sp³-hybridized carbons (Fsp3) is 0.750. The van der Waals surface area contributed by atoms with Gasteiger partial charge in [-0.3, -0.25) is 4.57 Å². The molecule has 0 radical (unpaired) electrons. The fourth-order valence-electron chi connectivity index (χ4n) is 1.95. The predicted molar refractivity (Wildman–Crippen MR) is 72.1 cm³/mol. The number of amides is 1. The summed E-state index contributed by atoms with van der Waals surface area (Å²) >= 11 is 0. The number of hydrogen-bond acceptors (Lipinski definition) is 5. The molecule has 1 aliphatic carbocycles. The molecule has 0 saturated heterocycles. The van der Waals surface area contributed by atoms with Crippen LogP contribution in [0.4, 0.5) is 4.79 Å². The van der Waals surface area contributed by atoms with Crippen LogP contribution in [0.2, 0.25) is 0 Å². The van der Waals surface area contributed by atoms with Gasteiger partial charge in [-0.25, -0.2) is 4.79 Å². The lowest BCUT2D eigenvalue weighted by Crippen LogP contribution is -2.48. The minimum absolute atomic E-state index is 0.380. The SMILES string of the molecule is COP(=O)(OC)C1(NC(=O)OC(C)(C)C)CC=CC1. The highest BCUT2D eigenvalue weighted by atomic mass is 31.2. The van der Waals surface area contributed by atoms with Crippen molar-refractivity contribution >= 4 is 13.7 Å². The molecule has 0 saturated carbocycles. The van der Waals surface area contributed by atoms with Crippen LogP contribution < -0.4 is 5.32 Å². The number of rotatable bonds is 4. The molecule has 1 aliphatic rings. The van der Waals surface area contributed by atoms with Gasteiger partial charge in [0.15, 0.2) is 5.28 Å². The molecule has 110 valence electrons. The van der Waals surface area contributed by atoms with Gasteiger partial charge < -0.3 is 19.1 Å². The Morgan fingerprint density at radius 2 is 1.68 bits per heavy atom. The van der Waals surface area contributed by atoms with Crippen LogP contribution >= 0.6 is 7.60 Å². The van der Waals surface area contributed by atoms with Crippen molar-refractivity contribution in [2.24, 2.45) is 0 Å². The first-order valence-electron chi connectivity index (χ1n) is 6.06. The molecule has 0 bridgehead atoms. The van der Waals surface area contributed by atoms with Gasteiger partial charge in [0.2, 0.25) is 0 Å². The van der Waals surface area contributed by atoms with E-state index in [9.17, 15) is 9.36 Å². The lowest BCUT2D eigenvalue weighted by atomic mass is 10.2. The zero-order valence-electron chi connectivity index (χ0n) is 12.1. The van der Waals surface area contributed by atoms with Crippen molar-refractivity contribution in [1.29, 1.82) is 0 Å². The molecular formula is C12H22NO5P. The van der Waals surface area contributed by atoms with Crippen LogP contribution in [0, 0.1) is 0 Å². The first-order valence-corrected chi connectivity index (χ1v) is 7.60. The molecular weight excluding hydrogens is 269 g/mol. The standard InChI is InChI=1S/C12H22NO5P/c1-11(2,3)18-10(14)13-12(8-6-7-9-12)19(15,16-4)17-5/h6-7H,8-9H2,1-5H3,(H,13,14). The Labute approximate surface area is 114 Å². The van der Waals surface area contributed by atoms with Crippen LogP contribution in [0.25, 0.3) is 0 Å². The minimum Gasteiger partial charge on any atom is -0.444 e. The van der Waals surface area contributed by atoms with E-state index in [2.05, 4.69) is 5.32 Å². The number of carbonyl (C=O) groups excluding carboxylic acids is 1. The average Bonchev–Trinajstić information content (AvgIpc) is 2.75. The van der Waals surface area contributed by atoms with E-state index in [0.717, 1.165) is 0 Å². The number of ether oxygens (including phenoxy) is 1. The third-order valence-electron chi connectivity index (χ3n) is 2.82. The summed E-state index contributed by atoms with van der Waals surface area (Å²) in [4.78, 5) is 11.9. The van der Waals surface area contributed by atoms with Crippen LogP contribution in [-0.2, 0) is 18.3 Å². The Hall–Kier alpha value is -0.840. The molecule has 0 aromatic rings. The lowest BCUT2D eigenvalue weighted by Gasteiger charge is -2.35. The van der Waals surface area contributed by atoms with Gasteiger partial charge in [0, 0.05) is 27.1 Å². The highest BCUT2D eigenvalue weighted by Crippen LogP contribution is 2.62. The van der Waals surface area contributed by atoms with Gasteiger partial charge in [-0.2, -0.15) is 0 Å². The number of hydrogen-bond donors (Lipinski definition) is 1. The van der Waals surface area contributed by atoms with Crippen molar-refractivity contribution < 1.29 is 23.1 Å². The monoisotopic (exact) mass is 291 g/mol. The van der Waals surface area contributed by atoms with Crippen molar-refractivity contribution in [3.05, 3.63) is 12.2 Å². The Morgan fingerprint density at radius 3 is 2.05 bits per heavy atom. The molecule has 0 aromatic carbocycles. The van der Waals surface area contributed by atoms with Gasteiger partial charge in [-0.15, -0.1) is 0 Å². The summed E-state index contributed by atoms with van der Waals surface area (Å²) in [5, 5.41) is 1.57. The van der Waals surface area contributed by atoms with Gasteiger partial charge in [0.1, 0.15) is 5.60 Å². The Balaban J connectivity index is 2.90. The maximum absolute atomic E-state index is 12.6. The molecule has 19 heavy (non-hydrogen) atoms. The van der Waals surface area contributed by atoms with E-state index in [1.807, 2.05) is 12.2 Å². The molecule has 0 aliphatic heterocycles. The maximum atomic E-state index is 12.6. The van der Waals surface area contributed by atoms with E-state index >= 15 is 0 Å². The van der Waals surface area contributed by atoms with Crippen LogP contribution in [0.3, 0.4) is 0 Å². The predicted octanol–water partition coefficient (Wildman–Crippen LogP) is 3.04. The lowest BCUT2D eigenvalue weighted by molar-refractivity contribution is 0.0477. The van der Waals surface area contributed by atoms with Gasteiger partial charge in [0.25, 0.3) is 0 Å². The summed E-state index contributed by atoms with van der Waals surface area (Å²) in [6.45, 7) is 5.29. The third-order valence-corrected chi connectivity index (χ3v) is 5.30. The summed E-state index contributed by atoms with van der Waals surface area (Å²) in [6.07, 6.45) is 3.80. The van der Waals surface area contributed by atoms with Crippen molar-refractivity contribution in [2.75, 3.05) is 14.2 Å². The number of nitrogens with one attached hydrogen (secondary N) is 1. The first kappa shape index (κ1) is 16.2. The first-order chi connectivity index (χ1) is 8.68. The van der Waals surface area contributed by atoms with E-state index in [4.69, 9.17) is 13.8 Å². The molecule has 0 heterocycles. The summed E-state index contributed by atoms with van der Waals surface area (Å²) in [5.74, 6) is 0. The molecule has 0 atom stereocenters. The molecule has 0 spiro atoms. The summed E-state index contributed by atoms with van der Waals surface area (Å²) in [7, 11) is -0.840. The smallest absolute Gasteiger partial charge is 0.408 e. The van der Waals surface area contributed by atoms with E-state index in [0.29, 0.717) is 12.8 Å². The van der Waals surface area contributed by atoms with Gasteiger partial charge >= 0.3 is 13.7 Å². The number of alkyl carbamates (subject to hydrolysis) is 1. The van der Waals surface area contributed by atoms with Gasteiger partial charge in [-0.1, -0.05) is 12.2 Å². The van der Waals surface area contributed by atoms with E-state index in [-0.39, 0.29) is 0 Å². The van der Waals surface area contributed by atoms with Crippen LogP contribution in [0.1, 0.15) is 33.6 Å². The second-order valence-electron chi connectivity index (χ2n) is 5.40. The highest BCUT2D eigenvalue weighted by molar-refractivity contribution is 7.55. The molecule has 6 nitrogen and oxygen atoms in total. The molecule has 0 fully saturated rings. The second-order valence-corrected chi connectivity index (χ2v) is 7.98. The van der Waals surface area contributed by atoms with Crippen LogP contribution in [-0.4, -0.2) is 31.2 Å². The molecule has 7 heteroatoms. The Kier molecular flexibility index (Phi) is 4.82. The van der Waals surface area contributed by atoms with E-state index < -0.39 is 24.6 Å². The van der Waals surface area contributed by atoms with Gasteiger partial charge in [0.05, 0.1) is 0 Å². The quantitative estimate of drug-likeness (QED) is 0.636. The molecule has 0 unspecified atom stereocenters. The molecule has 1 N–H and O–H groups in total. The zero-order valence-corrected chi connectivity index (χ0v) is 13.0. The van der Waals surface area contributed by atoms with Gasteiger partial charge in [-0.05, 0) is 20.8 Å². The van der Waals surface area contributed by atoms with Crippen molar-refractivity contribution in [3.63, 3.8) is 0 Å². The van der Waals surface area contributed by atoms with Crippen molar-refractivity contribution in [1.82, 2.24) is 5.32 Å². The Morgan fingerprint density at radius 1 is 1.21 bits per heavy atom. The zero-order chi connectivity index (χ0) is 14.7. The summed E-state index contributed by atoms with van der Waals surface area (Å²) in [6, 6.07) is 0. The summed E-state index contributed by atoms with van der Waals surface area (Å²) in [5.41, 5.74) is -0.624. The summed E-state index contributed by atoms with van der Waals surface area (Å²) < 4.78 is 27.9. The van der Waals surface area contributed by atoms with Crippen LogP contribution in [0.5, 0.6) is 0 Å². The maximum Gasteiger partial charge on any atom is 0.408 e. The third kappa shape index (κ3) is 3.59. The molecule has 0 aromatic heterocycles. The topological polar surface area (TPSA) is 73.9 Å². The van der Waals surface area contributed by atoms with Crippen molar-refractivity contribution in [3.8, 4) is 0 Å². The highest BCUT2D eigenvalue weighted by Gasteiger charge is 2.52.